The first-order valence-corrected chi connectivity index (χ1v) is 5.57. The quantitative estimate of drug-likeness (QED) is 0.869. The summed E-state index contributed by atoms with van der Waals surface area (Å²) in [5, 5.41) is 10.1. The zero-order valence-corrected chi connectivity index (χ0v) is 10.1. The topological polar surface area (TPSA) is 23.5 Å². The molecule has 2 aromatic rings. The molecule has 0 aliphatic carbocycles. The van der Waals surface area contributed by atoms with E-state index in [2.05, 4.69) is 0 Å². The maximum absolute atomic E-state index is 10.1. The van der Waals surface area contributed by atoms with Gasteiger partial charge in [0.05, 0.1) is 0 Å². The molecule has 0 aromatic heterocycles. The van der Waals surface area contributed by atoms with Crippen molar-refractivity contribution < 1.29 is 5.11 Å². The maximum atomic E-state index is 10.1. The van der Waals surface area contributed by atoms with Gasteiger partial charge in [-0.05, 0) is 23.3 Å². The fraction of sp³-hybridized carbons (Fsp3) is 0.133. The molecule has 1 N–H and O–H groups in total. The van der Waals surface area contributed by atoms with Gasteiger partial charge in [0.15, 0.2) is 6.10 Å². The third-order valence-electron chi connectivity index (χ3n) is 2.70. The van der Waals surface area contributed by atoms with Crippen LogP contribution in [-0.4, -0.2) is 19.2 Å². The Morgan fingerprint density at radius 3 is 1.88 bits per heavy atom. The lowest BCUT2D eigenvalue weighted by Crippen LogP contribution is -2.08. The number of rotatable bonds is 3. The summed E-state index contributed by atoms with van der Waals surface area (Å²) in [5.41, 5.74) is 2.79. The van der Waals surface area contributed by atoms with E-state index in [1.54, 1.807) is 0 Å². The van der Waals surface area contributed by atoms with Crippen molar-refractivity contribution in [3.05, 3.63) is 71.8 Å². The second-order valence-corrected chi connectivity index (χ2v) is 4.16. The molecule has 17 heavy (non-hydrogen) atoms. The maximum Gasteiger partial charge on any atom is 0.152 e. The van der Waals surface area contributed by atoms with Crippen molar-refractivity contribution in [2.24, 2.45) is 0 Å². The summed E-state index contributed by atoms with van der Waals surface area (Å²) in [6, 6.07) is 17.4. The standard InChI is InChI=1S/C15H16NO/c1-16(2)14-10-8-13(9-11-14)15(17)12-6-4-3-5-7-12/h3-11,17H,1-2H3. The summed E-state index contributed by atoms with van der Waals surface area (Å²) >= 11 is 0. The molecule has 0 fully saturated rings. The number of hydrogen-bond donors (Lipinski definition) is 1. The number of hydrogen-bond acceptors (Lipinski definition) is 2. The summed E-state index contributed by atoms with van der Waals surface area (Å²) in [5.74, 6) is 0. The third-order valence-corrected chi connectivity index (χ3v) is 2.70. The van der Waals surface area contributed by atoms with Gasteiger partial charge < -0.3 is 10.0 Å². The van der Waals surface area contributed by atoms with E-state index in [-0.39, 0.29) is 0 Å². The lowest BCUT2D eigenvalue weighted by molar-refractivity contribution is 0.356. The third kappa shape index (κ3) is 2.66. The molecule has 0 saturated heterocycles. The van der Waals surface area contributed by atoms with Crippen LogP contribution in [0.15, 0.2) is 54.6 Å². The van der Waals surface area contributed by atoms with Crippen LogP contribution in [0, 0.1) is 6.10 Å². The Bertz CT molecular complexity index is 462. The van der Waals surface area contributed by atoms with Crippen molar-refractivity contribution in [1.29, 1.82) is 0 Å². The van der Waals surface area contributed by atoms with Crippen LogP contribution in [-0.2, 0) is 0 Å². The van der Waals surface area contributed by atoms with Gasteiger partial charge in [-0.3, -0.25) is 0 Å². The van der Waals surface area contributed by atoms with E-state index in [1.165, 1.54) is 0 Å². The molecule has 0 aliphatic heterocycles. The molecule has 0 bridgehead atoms. The molecule has 0 heterocycles. The van der Waals surface area contributed by atoms with E-state index in [0.717, 1.165) is 16.8 Å². The molecular weight excluding hydrogens is 210 g/mol. The van der Waals surface area contributed by atoms with E-state index in [0.29, 0.717) is 6.10 Å². The number of benzene rings is 2. The Balaban J connectivity index is 2.23. The Morgan fingerprint density at radius 2 is 1.35 bits per heavy atom. The number of nitrogens with zero attached hydrogens (tertiary/aromatic N) is 1. The monoisotopic (exact) mass is 226 g/mol. The zero-order valence-electron chi connectivity index (χ0n) is 10.1. The fourth-order valence-corrected chi connectivity index (χ4v) is 1.68. The highest BCUT2D eigenvalue weighted by atomic mass is 16.3. The predicted octanol–water partition coefficient (Wildman–Crippen LogP) is 3.05. The average molecular weight is 226 g/mol. The van der Waals surface area contributed by atoms with Crippen molar-refractivity contribution >= 4 is 5.69 Å². The molecule has 2 nitrogen and oxygen atoms in total. The Hall–Kier alpha value is -1.80. The molecule has 2 aromatic carbocycles. The Labute approximate surface area is 102 Å². The van der Waals surface area contributed by atoms with E-state index < -0.39 is 0 Å². The van der Waals surface area contributed by atoms with Gasteiger partial charge in [-0.15, -0.1) is 0 Å². The lowest BCUT2D eigenvalue weighted by Gasteiger charge is -2.14. The molecule has 1 radical (unpaired) electrons. The van der Waals surface area contributed by atoms with Gasteiger partial charge in [0, 0.05) is 19.8 Å². The second-order valence-electron chi connectivity index (χ2n) is 4.16. The van der Waals surface area contributed by atoms with Gasteiger partial charge >= 0.3 is 0 Å². The zero-order chi connectivity index (χ0) is 12.3. The molecule has 2 rings (SSSR count). The van der Waals surface area contributed by atoms with Gasteiger partial charge in [0.1, 0.15) is 0 Å². The number of anilines is 1. The first kappa shape index (κ1) is 11.7. The van der Waals surface area contributed by atoms with Crippen LogP contribution in [0.2, 0.25) is 0 Å². The predicted molar refractivity (Wildman–Crippen MR) is 70.6 cm³/mol. The molecule has 0 unspecified atom stereocenters. The van der Waals surface area contributed by atoms with Crippen LogP contribution in [0.25, 0.3) is 0 Å². The summed E-state index contributed by atoms with van der Waals surface area (Å²) in [7, 11) is 3.99. The minimum Gasteiger partial charge on any atom is -0.378 e. The molecule has 0 spiro atoms. The van der Waals surface area contributed by atoms with E-state index in [4.69, 9.17) is 0 Å². The molecule has 0 atom stereocenters. The highest BCUT2D eigenvalue weighted by Gasteiger charge is 2.11. The Morgan fingerprint density at radius 1 is 0.824 bits per heavy atom. The van der Waals surface area contributed by atoms with E-state index in [1.807, 2.05) is 73.6 Å². The molecule has 0 amide bonds. The minimum atomic E-state index is 0.316. The molecule has 87 valence electrons. The first-order chi connectivity index (χ1) is 8.18. The Kier molecular flexibility index (Phi) is 3.45. The van der Waals surface area contributed by atoms with Gasteiger partial charge in [-0.1, -0.05) is 42.5 Å². The first-order valence-electron chi connectivity index (χ1n) is 5.57. The van der Waals surface area contributed by atoms with Crippen molar-refractivity contribution in [2.75, 3.05) is 19.0 Å². The van der Waals surface area contributed by atoms with Crippen molar-refractivity contribution in [3.63, 3.8) is 0 Å². The molecule has 0 saturated carbocycles. The molecule has 2 heteroatoms. The normalized spacial score (nSPS) is 10.6. The number of aliphatic hydroxyl groups excluding tert-OH is 1. The van der Waals surface area contributed by atoms with Crippen LogP contribution in [0.1, 0.15) is 11.1 Å². The SMILES string of the molecule is CN(C)c1ccc([C](O)c2ccccc2)cc1. The summed E-state index contributed by atoms with van der Waals surface area (Å²) in [6.07, 6.45) is 0.316. The van der Waals surface area contributed by atoms with Crippen molar-refractivity contribution in [2.45, 2.75) is 0 Å². The highest BCUT2D eigenvalue weighted by Crippen LogP contribution is 2.22. The van der Waals surface area contributed by atoms with E-state index in [9.17, 15) is 5.11 Å². The smallest absolute Gasteiger partial charge is 0.152 e. The highest BCUT2D eigenvalue weighted by molar-refractivity contribution is 5.50. The van der Waals surface area contributed by atoms with Crippen molar-refractivity contribution in [3.8, 4) is 0 Å². The van der Waals surface area contributed by atoms with Crippen LogP contribution < -0.4 is 4.90 Å². The van der Waals surface area contributed by atoms with Crippen LogP contribution in [0.4, 0.5) is 5.69 Å². The average Bonchev–Trinajstić information content (AvgIpc) is 2.39. The fourth-order valence-electron chi connectivity index (χ4n) is 1.68. The van der Waals surface area contributed by atoms with Gasteiger partial charge in [0.2, 0.25) is 0 Å². The van der Waals surface area contributed by atoms with Crippen molar-refractivity contribution in [1.82, 2.24) is 0 Å². The summed E-state index contributed by atoms with van der Waals surface area (Å²) < 4.78 is 0. The van der Waals surface area contributed by atoms with Crippen LogP contribution >= 0.6 is 0 Å². The molecular formula is C15H16NO. The van der Waals surface area contributed by atoms with E-state index >= 15 is 0 Å². The van der Waals surface area contributed by atoms with Gasteiger partial charge in [-0.2, -0.15) is 0 Å². The summed E-state index contributed by atoms with van der Waals surface area (Å²) in [6.45, 7) is 0. The largest absolute Gasteiger partial charge is 0.378 e. The summed E-state index contributed by atoms with van der Waals surface area (Å²) in [4.78, 5) is 2.03. The number of aliphatic hydroxyl groups is 1. The molecule has 0 aliphatic rings. The van der Waals surface area contributed by atoms with Gasteiger partial charge in [0.25, 0.3) is 0 Å². The van der Waals surface area contributed by atoms with Gasteiger partial charge in [-0.25, -0.2) is 0 Å². The second kappa shape index (κ2) is 5.02. The van der Waals surface area contributed by atoms with Crippen LogP contribution in [0.5, 0.6) is 0 Å². The van der Waals surface area contributed by atoms with Crippen LogP contribution in [0.3, 0.4) is 0 Å². The minimum absolute atomic E-state index is 0.316. The lowest BCUT2D eigenvalue weighted by atomic mass is 10.0.